The predicted molar refractivity (Wildman–Crippen MR) is 69.8 cm³/mol. The molecule has 1 N–H and O–H groups in total. The number of aromatic nitrogens is 2. The zero-order valence-electron chi connectivity index (χ0n) is 10.9. The highest BCUT2D eigenvalue weighted by Gasteiger charge is 1.97. The first-order chi connectivity index (χ1) is 8.83. The van der Waals surface area contributed by atoms with Crippen LogP contribution in [0.4, 0.5) is 0 Å². The van der Waals surface area contributed by atoms with Crippen LogP contribution in [0.2, 0.25) is 0 Å². The van der Waals surface area contributed by atoms with Gasteiger partial charge in [-0.1, -0.05) is 25.8 Å². The number of ether oxygens (including phenoxy) is 1. The minimum atomic E-state index is -0.321. The van der Waals surface area contributed by atoms with Crippen molar-refractivity contribution in [1.29, 1.82) is 0 Å². The molecule has 0 atom stereocenters. The second-order valence-corrected chi connectivity index (χ2v) is 4.34. The highest BCUT2D eigenvalue weighted by Crippen LogP contribution is 2.05. The van der Waals surface area contributed by atoms with Gasteiger partial charge in [-0.25, -0.2) is 9.36 Å². The molecule has 1 aromatic heterocycles. The molecule has 0 saturated heterocycles. The van der Waals surface area contributed by atoms with Crippen molar-refractivity contribution in [1.82, 2.24) is 4.98 Å². The number of imidazole rings is 1. The van der Waals surface area contributed by atoms with E-state index in [2.05, 4.69) is 16.1 Å². The average molecular weight is 251 g/mol. The Hall–Kier alpha value is -1.58. The lowest BCUT2D eigenvalue weighted by molar-refractivity contribution is -0.696. The van der Waals surface area contributed by atoms with E-state index in [1.807, 2.05) is 18.7 Å². The number of carbonyl (C=O) groups is 1. The molecule has 18 heavy (non-hydrogen) atoms. The summed E-state index contributed by atoms with van der Waals surface area (Å²) in [5, 5.41) is 0. The molecule has 1 rings (SSSR count). The van der Waals surface area contributed by atoms with Crippen LogP contribution >= 0.6 is 0 Å². The summed E-state index contributed by atoms with van der Waals surface area (Å²) in [5.74, 6) is -0.321. The second-order valence-electron chi connectivity index (χ2n) is 4.34. The van der Waals surface area contributed by atoms with Gasteiger partial charge in [0.25, 0.3) is 0 Å². The van der Waals surface area contributed by atoms with Gasteiger partial charge in [0.05, 0.1) is 13.2 Å². The first kappa shape index (κ1) is 14.5. The fourth-order valence-electron chi connectivity index (χ4n) is 1.79. The van der Waals surface area contributed by atoms with Crippen LogP contribution in [0.15, 0.2) is 31.4 Å². The maximum Gasteiger partial charge on any atom is 0.330 e. The number of rotatable bonds is 10. The molecule has 1 heterocycles. The van der Waals surface area contributed by atoms with E-state index >= 15 is 0 Å². The Labute approximate surface area is 109 Å². The van der Waals surface area contributed by atoms with Crippen LogP contribution in [-0.2, 0) is 16.1 Å². The molecule has 0 bridgehead atoms. The van der Waals surface area contributed by atoms with Crippen molar-refractivity contribution in [2.24, 2.45) is 0 Å². The fraction of sp³-hybridized carbons (Fsp3) is 0.571. The third-order valence-electron chi connectivity index (χ3n) is 2.82. The molecule has 0 amide bonds. The van der Waals surface area contributed by atoms with Gasteiger partial charge in [0, 0.05) is 6.08 Å². The molecule has 4 heteroatoms. The third kappa shape index (κ3) is 6.89. The van der Waals surface area contributed by atoms with Gasteiger partial charge in [-0.05, 0) is 19.3 Å². The number of nitrogens with zero attached hydrogens (tertiary/aromatic N) is 1. The lowest BCUT2D eigenvalue weighted by Crippen LogP contribution is -2.30. The Morgan fingerprint density at radius 3 is 2.61 bits per heavy atom. The van der Waals surface area contributed by atoms with Gasteiger partial charge >= 0.3 is 5.97 Å². The van der Waals surface area contributed by atoms with Crippen molar-refractivity contribution < 1.29 is 14.1 Å². The smallest absolute Gasteiger partial charge is 0.330 e. The first-order valence-corrected chi connectivity index (χ1v) is 6.64. The molecule has 0 unspecified atom stereocenters. The zero-order valence-corrected chi connectivity index (χ0v) is 10.9. The number of H-pyrrole nitrogens is 1. The summed E-state index contributed by atoms with van der Waals surface area (Å²) in [6.45, 7) is 4.95. The van der Waals surface area contributed by atoms with Gasteiger partial charge in [-0.15, -0.1) is 0 Å². The molecule has 0 fully saturated rings. The molecule has 0 aliphatic rings. The van der Waals surface area contributed by atoms with Gasteiger partial charge < -0.3 is 4.74 Å². The molecule has 0 radical (unpaired) electrons. The van der Waals surface area contributed by atoms with Crippen LogP contribution in [0.3, 0.4) is 0 Å². The summed E-state index contributed by atoms with van der Waals surface area (Å²) < 4.78 is 7.07. The molecular formula is C14H23N2O2+. The van der Waals surface area contributed by atoms with Crippen LogP contribution in [-0.4, -0.2) is 17.6 Å². The topological polar surface area (TPSA) is 46.0 Å². The lowest BCUT2D eigenvalue weighted by Gasteiger charge is -2.02. The normalized spacial score (nSPS) is 10.2. The Morgan fingerprint density at radius 1 is 1.22 bits per heavy atom. The minimum Gasteiger partial charge on any atom is -0.463 e. The first-order valence-electron chi connectivity index (χ1n) is 6.64. The SMILES string of the molecule is C=CC(=O)OCCCCCCCC[n+]1cc[nH]c1. The number of hydrogen-bond acceptors (Lipinski definition) is 2. The van der Waals surface area contributed by atoms with E-state index in [0.717, 1.165) is 19.4 Å². The lowest BCUT2D eigenvalue weighted by atomic mass is 10.1. The predicted octanol–water partition coefficient (Wildman–Crippen LogP) is 2.37. The van der Waals surface area contributed by atoms with Gasteiger partial charge in [0.1, 0.15) is 12.4 Å². The second kappa shape index (κ2) is 9.45. The van der Waals surface area contributed by atoms with Gasteiger partial charge in [-0.3, -0.25) is 4.98 Å². The highest BCUT2D eigenvalue weighted by atomic mass is 16.5. The number of aryl methyl sites for hydroxylation is 1. The number of esters is 1. The zero-order chi connectivity index (χ0) is 13.1. The third-order valence-corrected chi connectivity index (χ3v) is 2.82. The quantitative estimate of drug-likeness (QED) is 0.300. The van der Waals surface area contributed by atoms with E-state index in [4.69, 9.17) is 4.74 Å². The summed E-state index contributed by atoms with van der Waals surface area (Å²) in [5.41, 5.74) is 0. The van der Waals surface area contributed by atoms with E-state index in [-0.39, 0.29) is 5.97 Å². The standard InChI is InChI=1S/C14H22N2O2/c1-2-14(17)18-12-8-6-4-3-5-7-10-16-11-9-15-13-16/h2,9,11,13H,1,3-8,10,12H2/p+1. The average Bonchev–Trinajstić information content (AvgIpc) is 2.89. The number of nitrogens with one attached hydrogen (secondary N) is 1. The molecule has 0 saturated carbocycles. The summed E-state index contributed by atoms with van der Waals surface area (Å²) >= 11 is 0. The minimum absolute atomic E-state index is 0.321. The molecule has 0 spiro atoms. The van der Waals surface area contributed by atoms with Gasteiger partial charge in [0.2, 0.25) is 6.33 Å². The van der Waals surface area contributed by atoms with Crippen LogP contribution in [0.25, 0.3) is 0 Å². The summed E-state index contributed by atoms with van der Waals surface area (Å²) in [6, 6.07) is 0. The van der Waals surface area contributed by atoms with Crippen molar-refractivity contribution in [2.45, 2.75) is 45.1 Å². The molecule has 0 aromatic carbocycles. The van der Waals surface area contributed by atoms with Gasteiger partial charge in [-0.2, -0.15) is 0 Å². The molecule has 0 aliphatic heterocycles. The van der Waals surface area contributed by atoms with E-state index in [1.54, 1.807) is 0 Å². The number of carbonyl (C=O) groups excluding carboxylic acids is 1. The maximum absolute atomic E-state index is 10.8. The molecule has 0 aliphatic carbocycles. The van der Waals surface area contributed by atoms with Crippen LogP contribution in [0.1, 0.15) is 38.5 Å². The van der Waals surface area contributed by atoms with E-state index < -0.39 is 0 Å². The van der Waals surface area contributed by atoms with Crippen molar-refractivity contribution in [3.63, 3.8) is 0 Å². The van der Waals surface area contributed by atoms with Crippen LogP contribution in [0, 0.1) is 0 Å². The Kier molecular flexibility index (Phi) is 7.60. The number of unbranched alkanes of at least 4 members (excludes halogenated alkanes) is 5. The van der Waals surface area contributed by atoms with E-state index in [1.165, 1.54) is 31.8 Å². The van der Waals surface area contributed by atoms with Crippen molar-refractivity contribution in [2.75, 3.05) is 6.61 Å². The van der Waals surface area contributed by atoms with Crippen molar-refractivity contribution in [3.05, 3.63) is 31.4 Å². The Balaban J connectivity index is 1.81. The molecular weight excluding hydrogens is 228 g/mol. The number of aromatic amines is 1. The van der Waals surface area contributed by atoms with Gasteiger partial charge in [0.15, 0.2) is 0 Å². The Morgan fingerprint density at radius 2 is 1.94 bits per heavy atom. The fourth-order valence-corrected chi connectivity index (χ4v) is 1.79. The summed E-state index contributed by atoms with van der Waals surface area (Å²) in [6.07, 6.45) is 14.2. The van der Waals surface area contributed by atoms with Crippen molar-refractivity contribution in [3.8, 4) is 0 Å². The monoisotopic (exact) mass is 251 g/mol. The van der Waals surface area contributed by atoms with Crippen LogP contribution in [0.5, 0.6) is 0 Å². The molecule has 1 aromatic rings. The number of hydrogen-bond donors (Lipinski definition) is 1. The van der Waals surface area contributed by atoms with E-state index in [9.17, 15) is 4.79 Å². The molecule has 100 valence electrons. The maximum atomic E-state index is 10.8. The van der Waals surface area contributed by atoms with Crippen molar-refractivity contribution >= 4 is 5.97 Å². The largest absolute Gasteiger partial charge is 0.463 e. The van der Waals surface area contributed by atoms with Crippen LogP contribution < -0.4 is 4.57 Å². The van der Waals surface area contributed by atoms with E-state index in [0.29, 0.717) is 6.61 Å². The molecule has 4 nitrogen and oxygen atoms in total. The summed E-state index contributed by atoms with van der Waals surface area (Å²) in [4.78, 5) is 13.8. The Bertz CT molecular complexity index is 334. The highest BCUT2D eigenvalue weighted by molar-refractivity contribution is 5.81. The summed E-state index contributed by atoms with van der Waals surface area (Å²) in [7, 11) is 0.